The van der Waals surface area contributed by atoms with Gasteiger partial charge in [-0.15, -0.1) is 0 Å². The van der Waals surface area contributed by atoms with E-state index < -0.39 is 5.92 Å². The molecule has 0 atom stereocenters. The molecule has 77 valence electrons. The van der Waals surface area contributed by atoms with Crippen LogP contribution in [0.3, 0.4) is 0 Å². The quantitative estimate of drug-likeness (QED) is 0.661. The first-order valence-corrected chi connectivity index (χ1v) is 4.91. The minimum absolute atomic E-state index is 0.0799. The highest BCUT2D eigenvalue weighted by Gasteiger charge is 2.27. The molecule has 0 aromatic rings. The third kappa shape index (κ3) is 4.03. The first-order chi connectivity index (χ1) is 6.01. The Morgan fingerprint density at radius 2 is 1.92 bits per heavy atom. The fourth-order valence-electron chi connectivity index (χ4n) is 1.84. The normalized spacial score (nSPS) is 22.2. The van der Waals surface area contributed by atoms with Gasteiger partial charge < -0.3 is 0 Å². The highest BCUT2D eigenvalue weighted by atomic mass is 19.3. The zero-order chi connectivity index (χ0) is 9.90. The molecule has 0 N–H and O–H groups in total. The fraction of sp³-hybridized carbons (Fsp3) is 0.900. The van der Waals surface area contributed by atoms with Crippen molar-refractivity contribution in [2.45, 2.75) is 32.6 Å². The van der Waals surface area contributed by atoms with E-state index in [1.807, 2.05) is 4.90 Å². The molecule has 0 aromatic heterocycles. The molecular formula is C10H18F2N. The van der Waals surface area contributed by atoms with Gasteiger partial charge in [0, 0.05) is 6.92 Å². The number of piperidine rings is 1. The van der Waals surface area contributed by atoms with Gasteiger partial charge in [-0.3, -0.25) is 4.90 Å². The van der Waals surface area contributed by atoms with Crippen LogP contribution in [0.4, 0.5) is 8.78 Å². The summed E-state index contributed by atoms with van der Waals surface area (Å²) in [5.74, 6) is -1.90. The Bertz CT molecular complexity index is 145. The van der Waals surface area contributed by atoms with Gasteiger partial charge in [-0.05, 0) is 38.3 Å². The molecule has 0 saturated carbocycles. The van der Waals surface area contributed by atoms with Gasteiger partial charge in [0.2, 0.25) is 0 Å². The summed E-state index contributed by atoms with van der Waals surface area (Å²) in [5.41, 5.74) is 0. The van der Waals surface area contributed by atoms with Gasteiger partial charge in [-0.1, -0.05) is 6.92 Å². The maximum absolute atomic E-state index is 12.6. The summed E-state index contributed by atoms with van der Waals surface area (Å²) in [6.45, 7) is 4.60. The van der Waals surface area contributed by atoms with Crippen LogP contribution in [-0.4, -0.2) is 30.5 Å². The summed E-state index contributed by atoms with van der Waals surface area (Å²) in [6.07, 6.45) is 4.25. The third-order valence-electron chi connectivity index (χ3n) is 2.60. The monoisotopic (exact) mass is 190 g/mol. The molecular weight excluding hydrogens is 172 g/mol. The van der Waals surface area contributed by atoms with E-state index >= 15 is 0 Å². The van der Waals surface area contributed by atoms with Crippen molar-refractivity contribution in [2.24, 2.45) is 5.92 Å². The van der Waals surface area contributed by atoms with Crippen LogP contribution < -0.4 is 0 Å². The summed E-state index contributed by atoms with van der Waals surface area (Å²) < 4.78 is 25.3. The van der Waals surface area contributed by atoms with Crippen LogP contribution in [0.5, 0.6) is 0 Å². The lowest BCUT2D eigenvalue weighted by Crippen LogP contribution is -2.40. The van der Waals surface area contributed by atoms with Gasteiger partial charge in [-0.2, -0.15) is 0 Å². The second-order valence-electron chi connectivity index (χ2n) is 4.02. The molecule has 0 spiro atoms. The zero-order valence-electron chi connectivity index (χ0n) is 8.39. The van der Waals surface area contributed by atoms with Gasteiger partial charge in [0.25, 0.3) is 5.92 Å². The maximum Gasteiger partial charge on any atom is 0.257 e. The molecule has 0 aromatic carbocycles. The van der Waals surface area contributed by atoms with Gasteiger partial charge in [-0.25, -0.2) is 8.78 Å². The number of hydrogen-bond acceptors (Lipinski definition) is 1. The number of hydrogen-bond donors (Lipinski definition) is 0. The van der Waals surface area contributed by atoms with Crippen LogP contribution in [0.15, 0.2) is 0 Å². The third-order valence-corrected chi connectivity index (χ3v) is 2.60. The Balaban J connectivity index is 2.25. The SMILES string of the molecule is C[CH]C1CCN(CC(C)(F)F)CC1. The van der Waals surface area contributed by atoms with Gasteiger partial charge in [0.05, 0.1) is 6.54 Å². The largest absolute Gasteiger partial charge is 0.297 e. The lowest BCUT2D eigenvalue weighted by atomic mass is 9.94. The zero-order valence-corrected chi connectivity index (χ0v) is 8.39. The second kappa shape index (κ2) is 4.36. The summed E-state index contributed by atoms with van der Waals surface area (Å²) >= 11 is 0. The van der Waals surface area contributed by atoms with Crippen molar-refractivity contribution in [2.75, 3.05) is 19.6 Å². The van der Waals surface area contributed by atoms with E-state index in [0.29, 0.717) is 5.92 Å². The summed E-state index contributed by atoms with van der Waals surface area (Å²) in [4.78, 5) is 1.86. The Morgan fingerprint density at radius 3 is 2.31 bits per heavy atom. The maximum atomic E-state index is 12.6. The molecule has 13 heavy (non-hydrogen) atoms. The van der Waals surface area contributed by atoms with Gasteiger partial charge in [0.1, 0.15) is 0 Å². The van der Waals surface area contributed by atoms with Crippen molar-refractivity contribution >= 4 is 0 Å². The van der Waals surface area contributed by atoms with Crippen molar-refractivity contribution in [3.05, 3.63) is 6.42 Å². The molecule has 1 nitrogen and oxygen atoms in total. The minimum Gasteiger partial charge on any atom is -0.297 e. The van der Waals surface area contributed by atoms with E-state index in [9.17, 15) is 8.78 Å². The van der Waals surface area contributed by atoms with Crippen molar-refractivity contribution < 1.29 is 8.78 Å². The van der Waals surface area contributed by atoms with Crippen LogP contribution in [0.1, 0.15) is 26.7 Å². The van der Waals surface area contributed by atoms with Gasteiger partial charge >= 0.3 is 0 Å². The van der Waals surface area contributed by atoms with Crippen molar-refractivity contribution in [3.8, 4) is 0 Å². The first-order valence-electron chi connectivity index (χ1n) is 4.91. The highest BCUT2D eigenvalue weighted by molar-refractivity contribution is 4.80. The lowest BCUT2D eigenvalue weighted by molar-refractivity contribution is -0.0212. The fourth-order valence-corrected chi connectivity index (χ4v) is 1.84. The van der Waals surface area contributed by atoms with E-state index in [0.717, 1.165) is 32.9 Å². The van der Waals surface area contributed by atoms with Crippen LogP contribution in [0.25, 0.3) is 0 Å². The smallest absolute Gasteiger partial charge is 0.257 e. The molecule has 0 bridgehead atoms. The molecule has 1 aliphatic rings. The van der Waals surface area contributed by atoms with E-state index in [-0.39, 0.29) is 6.54 Å². The minimum atomic E-state index is -2.54. The predicted octanol–water partition coefficient (Wildman–Crippen LogP) is 2.58. The molecule has 1 saturated heterocycles. The molecule has 1 fully saturated rings. The van der Waals surface area contributed by atoms with Crippen molar-refractivity contribution in [1.82, 2.24) is 4.90 Å². The average molecular weight is 190 g/mol. The van der Waals surface area contributed by atoms with Crippen LogP contribution >= 0.6 is 0 Å². The number of alkyl halides is 2. The van der Waals surface area contributed by atoms with Crippen LogP contribution in [0, 0.1) is 12.3 Å². The molecule has 0 unspecified atom stereocenters. The van der Waals surface area contributed by atoms with Crippen LogP contribution in [0.2, 0.25) is 0 Å². The average Bonchev–Trinajstić information content (AvgIpc) is 2.03. The molecule has 1 rings (SSSR count). The van der Waals surface area contributed by atoms with E-state index in [1.165, 1.54) is 0 Å². The number of nitrogens with zero attached hydrogens (tertiary/aromatic N) is 1. The van der Waals surface area contributed by atoms with E-state index in [4.69, 9.17) is 0 Å². The van der Waals surface area contributed by atoms with Crippen LogP contribution in [-0.2, 0) is 0 Å². The first kappa shape index (κ1) is 10.9. The Morgan fingerprint density at radius 1 is 1.38 bits per heavy atom. The molecule has 0 aliphatic carbocycles. The number of halogens is 2. The molecule has 1 aliphatic heterocycles. The van der Waals surface area contributed by atoms with E-state index in [1.54, 1.807) is 0 Å². The summed E-state index contributed by atoms with van der Waals surface area (Å²) in [6, 6.07) is 0. The molecule has 3 heteroatoms. The van der Waals surface area contributed by atoms with E-state index in [2.05, 4.69) is 13.3 Å². The predicted molar refractivity (Wildman–Crippen MR) is 49.8 cm³/mol. The Hall–Kier alpha value is -0.180. The second-order valence-corrected chi connectivity index (χ2v) is 4.02. The lowest BCUT2D eigenvalue weighted by Gasteiger charge is -2.32. The Labute approximate surface area is 79.1 Å². The molecule has 1 heterocycles. The standard InChI is InChI=1S/C10H18F2N/c1-3-9-4-6-13(7-5-9)8-10(2,11)12/h3,9H,4-8H2,1-2H3. The van der Waals surface area contributed by atoms with Gasteiger partial charge in [0.15, 0.2) is 0 Å². The number of likely N-dealkylation sites (tertiary alicyclic amines) is 1. The number of rotatable bonds is 3. The molecule has 0 amide bonds. The topological polar surface area (TPSA) is 3.24 Å². The highest BCUT2D eigenvalue weighted by Crippen LogP contribution is 2.22. The van der Waals surface area contributed by atoms with Crippen molar-refractivity contribution in [1.29, 1.82) is 0 Å². The summed E-state index contributed by atoms with van der Waals surface area (Å²) in [7, 11) is 0. The summed E-state index contributed by atoms with van der Waals surface area (Å²) in [5, 5.41) is 0. The van der Waals surface area contributed by atoms with Crippen molar-refractivity contribution in [3.63, 3.8) is 0 Å². The Kier molecular flexibility index (Phi) is 3.65. The molecule has 1 radical (unpaired) electrons.